The molecule has 0 aliphatic carbocycles. The number of ether oxygens (including phenoxy) is 2. The van der Waals surface area contributed by atoms with Crippen LogP contribution in [0, 0.1) is 5.82 Å². The van der Waals surface area contributed by atoms with Gasteiger partial charge in [0.1, 0.15) is 11.9 Å². The largest absolute Gasteiger partial charge is 0.493 e. The van der Waals surface area contributed by atoms with Crippen LogP contribution in [0.1, 0.15) is 28.3 Å². The number of benzene rings is 3. The molecule has 200 valence electrons. The summed E-state index contributed by atoms with van der Waals surface area (Å²) in [4.78, 5) is 33.3. The van der Waals surface area contributed by atoms with Crippen LogP contribution < -0.4 is 14.8 Å². The minimum absolute atomic E-state index is 0.0147. The first-order valence-corrected chi connectivity index (χ1v) is 12.4. The number of nitrogens with zero attached hydrogens (tertiary/aromatic N) is 2. The highest BCUT2D eigenvalue weighted by molar-refractivity contribution is 5.89. The Morgan fingerprint density at radius 2 is 1.59 bits per heavy atom. The van der Waals surface area contributed by atoms with Crippen molar-refractivity contribution in [2.24, 2.45) is 0 Å². The number of carbonyl (C=O) groups is 2. The fraction of sp³-hybridized carbons (Fsp3) is 0.194. The lowest BCUT2D eigenvalue weighted by molar-refractivity contribution is -0.141. The van der Waals surface area contributed by atoms with Gasteiger partial charge in [-0.05, 0) is 52.6 Å². The maximum atomic E-state index is 13.9. The van der Waals surface area contributed by atoms with Gasteiger partial charge in [-0.3, -0.25) is 14.6 Å². The zero-order valence-corrected chi connectivity index (χ0v) is 21.8. The van der Waals surface area contributed by atoms with E-state index in [9.17, 15) is 14.0 Å². The van der Waals surface area contributed by atoms with Crippen molar-refractivity contribution in [1.82, 2.24) is 15.2 Å². The topological polar surface area (TPSA) is 80.8 Å². The first kappa shape index (κ1) is 27.3. The summed E-state index contributed by atoms with van der Waals surface area (Å²) in [6.45, 7) is 0.358. The summed E-state index contributed by atoms with van der Waals surface area (Å²) in [5, 5.41) is 2.96. The Labute approximate surface area is 227 Å². The first-order valence-electron chi connectivity index (χ1n) is 12.4. The molecule has 1 aromatic heterocycles. The number of carbonyl (C=O) groups excluding carboxylic acids is 2. The number of pyridine rings is 1. The lowest BCUT2D eigenvalue weighted by Gasteiger charge is -2.32. The number of aromatic nitrogens is 1. The molecule has 0 saturated carbocycles. The fourth-order valence-corrected chi connectivity index (χ4v) is 4.27. The van der Waals surface area contributed by atoms with Crippen molar-refractivity contribution >= 4 is 11.8 Å². The number of rotatable bonds is 11. The normalized spacial score (nSPS) is 11.4. The molecule has 1 N–H and O–H groups in total. The molecule has 2 amide bonds. The molecule has 0 spiro atoms. The van der Waals surface area contributed by atoms with Crippen LogP contribution >= 0.6 is 0 Å². The van der Waals surface area contributed by atoms with Crippen molar-refractivity contribution in [3.05, 3.63) is 125 Å². The molecule has 0 saturated heterocycles. The van der Waals surface area contributed by atoms with Gasteiger partial charge >= 0.3 is 0 Å². The molecule has 1 unspecified atom stereocenters. The highest BCUT2D eigenvalue weighted by Crippen LogP contribution is 2.29. The summed E-state index contributed by atoms with van der Waals surface area (Å²) < 4.78 is 24.4. The van der Waals surface area contributed by atoms with E-state index in [2.05, 4.69) is 10.3 Å². The summed E-state index contributed by atoms with van der Waals surface area (Å²) >= 11 is 0. The third kappa shape index (κ3) is 7.19. The zero-order valence-electron chi connectivity index (χ0n) is 21.8. The van der Waals surface area contributed by atoms with E-state index in [4.69, 9.17) is 9.47 Å². The summed E-state index contributed by atoms with van der Waals surface area (Å²) in [6, 6.07) is 23.0. The van der Waals surface area contributed by atoms with E-state index < -0.39 is 6.04 Å². The van der Waals surface area contributed by atoms with E-state index in [0.29, 0.717) is 28.2 Å². The average Bonchev–Trinajstić information content (AvgIpc) is 2.97. The van der Waals surface area contributed by atoms with E-state index in [0.717, 1.165) is 5.56 Å². The second-order valence-corrected chi connectivity index (χ2v) is 8.91. The molecular weight excluding hydrogens is 497 g/mol. The van der Waals surface area contributed by atoms with E-state index in [1.54, 1.807) is 55.9 Å². The molecule has 3 aromatic carbocycles. The molecule has 7 nitrogen and oxygen atoms in total. The maximum Gasteiger partial charge on any atom is 0.247 e. The lowest BCUT2D eigenvalue weighted by Crippen LogP contribution is -2.43. The first-order chi connectivity index (χ1) is 19.0. The van der Waals surface area contributed by atoms with Crippen molar-refractivity contribution < 1.29 is 23.5 Å². The predicted molar refractivity (Wildman–Crippen MR) is 145 cm³/mol. The van der Waals surface area contributed by atoms with E-state index >= 15 is 0 Å². The summed E-state index contributed by atoms with van der Waals surface area (Å²) in [5.41, 5.74) is 2.88. The number of methoxy groups -OCH3 is 2. The van der Waals surface area contributed by atoms with Gasteiger partial charge in [-0.15, -0.1) is 0 Å². The second kappa shape index (κ2) is 13.2. The summed E-state index contributed by atoms with van der Waals surface area (Å²) in [6.07, 6.45) is 3.35. The van der Waals surface area contributed by atoms with Gasteiger partial charge in [0, 0.05) is 25.5 Å². The van der Waals surface area contributed by atoms with Crippen LogP contribution in [0.2, 0.25) is 0 Å². The minimum Gasteiger partial charge on any atom is -0.493 e. The van der Waals surface area contributed by atoms with Gasteiger partial charge in [-0.2, -0.15) is 0 Å². The van der Waals surface area contributed by atoms with Gasteiger partial charge in [0.2, 0.25) is 11.8 Å². The lowest BCUT2D eigenvalue weighted by atomic mass is 10.0. The van der Waals surface area contributed by atoms with Crippen molar-refractivity contribution in [1.29, 1.82) is 0 Å². The maximum absolute atomic E-state index is 13.9. The average molecular weight is 528 g/mol. The molecule has 0 fully saturated rings. The monoisotopic (exact) mass is 527 g/mol. The van der Waals surface area contributed by atoms with Gasteiger partial charge in [0.25, 0.3) is 0 Å². The third-order valence-corrected chi connectivity index (χ3v) is 6.25. The third-order valence-electron chi connectivity index (χ3n) is 6.25. The molecule has 1 atom stereocenters. The molecule has 4 rings (SSSR count). The van der Waals surface area contributed by atoms with Gasteiger partial charge < -0.3 is 19.7 Å². The number of nitrogens with one attached hydrogen (secondary N) is 1. The molecule has 0 radical (unpaired) electrons. The van der Waals surface area contributed by atoms with Crippen LogP contribution in [0.4, 0.5) is 4.39 Å². The van der Waals surface area contributed by atoms with E-state index in [1.807, 2.05) is 36.4 Å². The molecule has 1 heterocycles. The van der Waals surface area contributed by atoms with Gasteiger partial charge in [0.15, 0.2) is 11.5 Å². The smallest absolute Gasteiger partial charge is 0.247 e. The van der Waals surface area contributed by atoms with Crippen molar-refractivity contribution in [3.8, 4) is 11.5 Å². The number of halogens is 1. The molecule has 0 aliphatic heterocycles. The molecule has 0 bridgehead atoms. The van der Waals surface area contributed by atoms with Crippen LogP contribution in [-0.2, 0) is 29.1 Å². The van der Waals surface area contributed by atoms with Crippen LogP contribution in [0.25, 0.3) is 0 Å². The van der Waals surface area contributed by atoms with Crippen LogP contribution in [0.15, 0.2) is 97.3 Å². The standard InChI is InChI=1S/C31H30FN3O4/c1-38-27-15-12-23(17-28(27)39-2)18-29(36)35(21-22-10-13-26(32)14-11-22)30(25-8-4-3-5-9-25)31(37)34-20-24-7-6-16-33-19-24/h3-17,19,30H,18,20-21H2,1-2H3,(H,34,37). The Bertz CT molecular complexity index is 1380. The predicted octanol–water partition coefficient (Wildman–Crippen LogP) is 4.87. The van der Waals surface area contributed by atoms with Crippen molar-refractivity contribution in [3.63, 3.8) is 0 Å². The number of amides is 2. The minimum atomic E-state index is -0.930. The molecule has 39 heavy (non-hydrogen) atoms. The SMILES string of the molecule is COc1ccc(CC(=O)N(Cc2ccc(F)cc2)C(C(=O)NCc2cccnc2)c2ccccc2)cc1OC. The number of hydrogen-bond acceptors (Lipinski definition) is 5. The highest BCUT2D eigenvalue weighted by atomic mass is 19.1. The Morgan fingerprint density at radius 3 is 2.26 bits per heavy atom. The molecule has 8 heteroatoms. The van der Waals surface area contributed by atoms with Crippen LogP contribution in [0.5, 0.6) is 11.5 Å². The van der Waals surface area contributed by atoms with Gasteiger partial charge in [-0.25, -0.2) is 4.39 Å². The van der Waals surface area contributed by atoms with Gasteiger partial charge in [0.05, 0.1) is 20.6 Å². The zero-order chi connectivity index (χ0) is 27.6. The van der Waals surface area contributed by atoms with Crippen LogP contribution in [0.3, 0.4) is 0 Å². The summed E-state index contributed by atoms with van der Waals surface area (Å²) in [7, 11) is 3.07. The Balaban J connectivity index is 1.68. The van der Waals surface area contributed by atoms with E-state index in [-0.39, 0.29) is 37.1 Å². The van der Waals surface area contributed by atoms with Crippen molar-refractivity contribution in [2.75, 3.05) is 14.2 Å². The molecule has 4 aromatic rings. The molecule has 0 aliphatic rings. The van der Waals surface area contributed by atoms with Gasteiger partial charge in [-0.1, -0.05) is 54.6 Å². The molecular formula is C31H30FN3O4. The fourth-order valence-electron chi connectivity index (χ4n) is 4.27. The summed E-state index contributed by atoms with van der Waals surface area (Å²) in [5.74, 6) is 0.0519. The Kier molecular flexibility index (Phi) is 9.24. The van der Waals surface area contributed by atoms with Crippen LogP contribution in [-0.4, -0.2) is 35.9 Å². The van der Waals surface area contributed by atoms with E-state index in [1.165, 1.54) is 24.1 Å². The Hall–Kier alpha value is -4.72. The van der Waals surface area contributed by atoms with Crippen molar-refractivity contribution in [2.45, 2.75) is 25.6 Å². The Morgan fingerprint density at radius 1 is 0.872 bits per heavy atom. The quantitative estimate of drug-likeness (QED) is 0.301. The highest BCUT2D eigenvalue weighted by Gasteiger charge is 2.31. The second-order valence-electron chi connectivity index (χ2n) is 8.91. The number of hydrogen-bond donors (Lipinski definition) is 1.